The largest absolute Gasteiger partial charge is 0.490 e. The van der Waals surface area contributed by atoms with Gasteiger partial charge in [-0.25, -0.2) is 25.6 Å². The molecule has 2 fully saturated rings. The first kappa shape index (κ1) is 30.2. The molecule has 8 nitrogen and oxygen atoms in total. The number of fused-ring (bicyclic) bond motifs is 3. The predicted octanol–water partition coefficient (Wildman–Crippen LogP) is 4.16. The Kier molecular flexibility index (Phi) is 8.94. The van der Waals surface area contributed by atoms with Crippen LogP contribution in [0.2, 0.25) is 5.02 Å². The number of carbonyl (C=O) groups excluding carboxylic acids is 1. The van der Waals surface area contributed by atoms with Gasteiger partial charge in [0.1, 0.15) is 5.82 Å². The van der Waals surface area contributed by atoms with Crippen LogP contribution in [0.4, 0.5) is 8.78 Å². The maximum Gasteiger partial charge on any atom is 0.222 e. The van der Waals surface area contributed by atoms with Crippen LogP contribution in [0.15, 0.2) is 41.3 Å². The number of benzene rings is 2. The maximum absolute atomic E-state index is 15.4. The monoisotopic (exact) mass is 631 g/mol. The van der Waals surface area contributed by atoms with E-state index in [2.05, 4.69) is 0 Å². The molecule has 2 aromatic carbocycles. The zero-order chi connectivity index (χ0) is 29.4. The van der Waals surface area contributed by atoms with Gasteiger partial charge in [0.15, 0.2) is 31.2 Å². The lowest BCUT2D eigenvalue weighted by atomic mass is 9.77. The van der Waals surface area contributed by atoms with E-state index in [0.29, 0.717) is 18.0 Å². The van der Waals surface area contributed by atoms with Crippen molar-refractivity contribution in [1.82, 2.24) is 4.90 Å². The number of piperidine rings is 1. The highest BCUT2D eigenvalue weighted by atomic mass is 35.5. The van der Waals surface area contributed by atoms with E-state index in [0.717, 1.165) is 25.0 Å². The summed E-state index contributed by atoms with van der Waals surface area (Å²) < 4.78 is 95.6. The molecule has 2 saturated heterocycles. The number of sulfone groups is 2. The van der Waals surface area contributed by atoms with E-state index in [1.807, 2.05) is 0 Å². The average molecular weight is 632 g/mol. The van der Waals surface area contributed by atoms with Crippen molar-refractivity contribution < 1.29 is 39.9 Å². The topological polar surface area (TPSA) is 107 Å². The van der Waals surface area contributed by atoms with Crippen LogP contribution in [0.3, 0.4) is 0 Å². The number of rotatable bonds is 8. The fourth-order valence-electron chi connectivity index (χ4n) is 6.13. The number of likely N-dealkylation sites (tertiary alicyclic amines) is 1. The summed E-state index contributed by atoms with van der Waals surface area (Å²) in [4.78, 5) is 13.6. The van der Waals surface area contributed by atoms with E-state index >= 15 is 4.39 Å². The van der Waals surface area contributed by atoms with Gasteiger partial charge in [-0.1, -0.05) is 11.6 Å². The van der Waals surface area contributed by atoms with E-state index in [1.54, 1.807) is 4.90 Å². The molecular weight excluding hydrogens is 600 g/mol. The zero-order valence-electron chi connectivity index (χ0n) is 22.3. The Morgan fingerprint density at radius 2 is 1.71 bits per heavy atom. The lowest BCUT2D eigenvalue weighted by molar-refractivity contribution is -0.132. The van der Waals surface area contributed by atoms with Crippen LogP contribution in [-0.2, 0) is 29.2 Å². The van der Waals surface area contributed by atoms with Gasteiger partial charge in [-0.15, -0.1) is 0 Å². The Bertz CT molecular complexity index is 1500. The fraction of sp³-hybridized carbons (Fsp3) is 0.536. The third kappa shape index (κ3) is 6.40. The number of hydrogen-bond donors (Lipinski definition) is 0. The minimum absolute atomic E-state index is 0.0104. The first-order valence-corrected chi connectivity index (χ1v) is 17.4. The third-order valence-corrected chi connectivity index (χ3v) is 12.4. The van der Waals surface area contributed by atoms with Crippen molar-refractivity contribution in [2.45, 2.75) is 54.3 Å². The minimum atomic E-state index is -4.08. The van der Waals surface area contributed by atoms with Crippen LogP contribution in [0.25, 0.3) is 0 Å². The lowest BCUT2D eigenvalue weighted by Gasteiger charge is -2.39. The molecule has 2 aromatic rings. The van der Waals surface area contributed by atoms with Crippen LogP contribution in [-0.4, -0.2) is 76.8 Å². The van der Waals surface area contributed by atoms with Gasteiger partial charge in [0, 0.05) is 48.5 Å². The molecule has 4 unspecified atom stereocenters. The summed E-state index contributed by atoms with van der Waals surface area (Å²) in [6.07, 6.45) is 1.27. The van der Waals surface area contributed by atoms with Crippen LogP contribution in [0, 0.1) is 17.6 Å². The number of amides is 1. The van der Waals surface area contributed by atoms with Gasteiger partial charge in [0.2, 0.25) is 5.91 Å². The SMILES string of the molecule is O=C1CCCCN1CCS(=O)(=O)CCC1OCCC(S(=O)(=O)c2ccc(Cl)cc2)C2c3c(F)ccc(F)c3OCC12. The van der Waals surface area contributed by atoms with Gasteiger partial charge in [-0.2, -0.15) is 0 Å². The zero-order valence-corrected chi connectivity index (χ0v) is 24.7. The Labute approximate surface area is 243 Å². The smallest absolute Gasteiger partial charge is 0.222 e. The second-order valence-corrected chi connectivity index (χ2v) is 15.7. The highest BCUT2D eigenvalue weighted by Gasteiger charge is 2.50. The highest BCUT2D eigenvalue weighted by Crippen LogP contribution is 2.49. The summed E-state index contributed by atoms with van der Waals surface area (Å²) in [7, 11) is -7.67. The van der Waals surface area contributed by atoms with Gasteiger partial charge >= 0.3 is 0 Å². The quantitative estimate of drug-likeness (QED) is 0.431. The molecule has 3 aliphatic rings. The maximum atomic E-state index is 15.4. The molecular formula is C28H32ClF2NO7S2. The van der Waals surface area contributed by atoms with Crippen molar-refractivity contribution in [2.75, 3.05) is 37.8 Å². The average Bonchev–Trinajstić information content (AvgIpc) is 3.13. The molecule has 41 heavy (non-hydrogen) atoms. The van der Waals surface area contributed by atoms with Crippen LogP contribution < -0.4 is 4.74 Å². The van der Waals surface area contributed by atoms with E-state index in [1.165, 1.54) is 24.3 Å². The second kappa shape index (κ2) is 12.1. The van der Waals surface area contributed by atoms with Crippen LogP contribution in [0.5, 0.6) is 5.75 Å². The second-order valence-electron chi connectivity index (χ2n) is 10.8. The number of ether oxygens (including phenoxy) is 2. The number of halogens is 3. The molecule has 0 saturated carbocycles. The normalized spacial score (nSPS) is 25.1. The first-order chi connectivity index (χ1) is 19.5. The van der Waals surface area contributed by atoms with Crippen molar-refractivity contribution in [2.24, 2.45) is 5.92 Å². The standard InChI is InChI=1S/C28H32ClF2NO7S2/c29-18-4-6-19(7-5-18)41(36,37)24-10-14-38-23(11-15-40(34,35)16-13-32-12-2-1-3-25(32)33)20-17-39-28-22(31)9-8-21(30)27(28)26(20)24/h4-9,20,23-24,26H,1-3,10-17H2. The van der Waals surface area contributed by atoms with Gasteiger partial charge in [-0.05, 0) is 62.1 Å². The third-order valence-electron chi connectivity index (χ3n) is 8.27. The number of nitrogens with zero attached hydrogens (tertiary/aromatic N) is 1. The minimum Gasteiger partial charge on any atom is -0.490 e. The molecule has 3 heterocycles. The predicted molar refractivity (Wildman–Crippen MR) is 149 cm³/mol. The van der Waals surface area contributed by atoms with Crippen LogP contribution >= 0.6 is 11.6 Å². The van der Waals surface area contributed by atoms with Crippen molar-refractivity contribution in [3.8, 4) is 5.75 Å². The summed E-state index contributed by atoms with van der Waals surface area (Å²) in [5, 5.41) is -0.833. The van der Waals surface area contributed by atoms with Gasteiger partial charge in [0.05, 0.1) is 34.4 Å². The van der Waals surface area contributed by atoms with Crippen LogP contribution in [0.1, 0.15) is 43.6 Å². The number of carbonyl (C=O) groups is 1. The van der Waals surface area contributed by atoms with Gasteiger partial charge < -0.3 is 14.4 Å². The van der Waals surface area contributed by atoms with E-state index < -0.39 is 54.5 Å². The lowest BCUT2D eigenvalue weighted by Crippen LogP contribution is -2.43. The summed E-state index contributed by atoms with van der Waals surface area (Å²) >= 11 is 5.96. The summed E-state index contributed by atoms with van der Waals surface area (Å²) in [5.74, 6) is -4.26. The number of hydrogen-bond acceptors (Lipinski definition) is 7. The van der Waals surface area contributed by atoms with Gasteiger partial charge in [0.25, 0.3) is 0 Å². The molecule has 0 bridgehead atoms. The van der Waals surface area contributed by atoms with Crippen molar-refractivity contribution in [3.05, 3.63) is 58.6 Å². The highest BCUT2D eigenvalue weighted by molar-refractivity contribution is 7.92. The molecule has 1 amide bonds. The Morgan fingerprint density at radius 1 is 0.976 bits per heavy atom. The molecule has 0 aliphatic carbocycles. The molecule has 0 radical (unpaired) electrons. The first-order valence-electron chi connectivity index (χ1n) is 13.7. The van der Waals surface area contributed by atoms with E-state index in [9.17, 15) is 26.0 Å². The fourth-order valence-corrected chi connectivity index (χ4v) is 9.55. The molecule has 0 spiro atoms. The van der Waals surface area contributed by atoms with Crippen molar-refractivity contribution in [1.29, 1.82) is 0 Å². The van der Waals surface area contributed by atoms with Gasteiger partial charge in [-0.3, -0.25) is 4.79 Å². The Hall–Kier alpha value is -2.28. The van der Waals surface area contributed by atoms with Crippen molar-refractivity contribution in [3.63, 3.8) is 0 Å². The molecule has 3 aliphatic heterocycles. The molecule has 5 rings (SSSR count). The Morgan fingerprint density at radius 3 is 2.44 bits per heavy atom. The van der Waals surface area contributed by atoms with E-state index in [-0.39, 0.29) is 66.2 Å². The summed E-state index contributed by atoms with van der Waals surface area (Å²) in [6.45, 7) is 0.453. The van der Waals surface area contributed by atoms with Crippen molar-refractivity contribution >= 4 is 37.2 Å². The Balaban J connectivity index is 1.42. The molecule has 0 N–H and O–H groups in total. The molecule has 0 aromatic heterocycles. The molecule has 4 atom stereocenters. The van der Waals surface area contributed by atoms with E-state index in [4.69, 9.17) is 21.1 Å². The summed E-state index contributed by atoms with van der Waals surface area (Å²) in [6, 6.07) is 7.51. The molecule has 13 heteroatoms. The summed E-state index contributed by atoms with van der Waals surface area (Å²) in [5.41, 5.74) is -0.175. The molecule has 224 valence electrons.